The number of para-hydroxylation sites is 1. The molecule has 0 heterocycles. The first kappa shape index (κ1) is 13.1. The predicted octanol–water partition coefficient (Wildman–Crippen LogP) is 3.52. The molecular formula is C12H13ClFNO3. The monoisotopic (exact) mass is 273 g/mol. The first-order chi connectivity index (χ1) is 8.34. The topological polar surface area (TPSA) is 52.4 Å². The van der Waals surface area contributed by atoms with Crippen LogP contribution in [-0.2, 0) is 0 Å². The van der Waals surface area contributed by atoms with E-state index in [0.29, 0.717) is 6.42 Å². The van der Waals surface area contributed by atoms with Gasteiger partial charge in [-0.15, -0.1) is 11.6 Å². The summed E-state index contributed by atoms with van der Waals surface area (Å²) < 4.78 is 19.1. The summed E-state index contributed by atoms with van der Waals surface area (Å²) in [5, 5.41) is 10.8. The molecule has 0 saturated heterocycles. The Balaban J connectivity index is 2.27. The standard InChI is InChI=1S/C12H13ClFNO3/c1-12(2)9(13)6-10(12)18-11-7(14)4-3-5-8(11)15(16)17/h3-5,9-10H,6H2,1-2H3. The largest absolute Gasteiger partial charge is 0.481 e. The van der Waals surface area contributed by atoms with Gasteiger partial charge >= 0.3 is 5.69 Å². The Labute approximate surface area is 109 Å². The van der Waals surface area contributed by atoms with Crippen molar-refractivity contribution in [3.63, 3.8) is 0 Å². The summed E-state index contributed by atoms with van der Waals surface area (Å²) in [7, 11) is 0. The van der Waals surface area contributed by atoms with E-state index in [9.17, 15) is 14.5 Å². The zero-order chi connectivity index (χ0) is 13.5. The van der Waals surface area contributed by atoms with Crippen LogP contribution in [0.3, 0.4) is 0 Å². The molecule has 1 saturated carbocycles. The zero-order valence-electron chi connectivity index (χ0n) is 10.0. The molecule has 0 bridgehead atoms. The van der Waals surface area contributed by atoms with Crippen LogP contribution in [0.2, 0.25) is 0 Å². The van der Waals surface area contributed by atoms with Crippen LogP contribution in [-0.4, -0.2) is 16.4 Å². The predicted molar refractivity (Wildman–Crippen MR) is 65.5 cm³/mol. The molecule has 1 aromatic carbocycles. The second-order valence-electron chi connectivity index (χ2n) is 4.98. The van der Waals surface area contributed by atoms with Gasteiger partial charge in [0.2, 0.25) is 5.75 Å². The van der Waals surface area contributed by atoms with E-state index in [4.69, 9.17) is 16.3 Å². The number of halogens is 2. The second kappa shape index (κ2) is 4.39. The van der Waals surface area contributed by atoms with E-state index in [1.807, 2.05) is 13.8 Å². The van der Waals surface area contributed by atoms with Crippen molar-refractivity contribution in [1.29, 1.82) is 0 Å². The fraction of sp³-hybridized carbons (Fsp3) is 0.500. The molecule has 0 radical (unpaired) electrons. The van der Waals surface area contributed by atoms with Gasteiger partial charge in [0.05, 0.1) is 4.92 Å². The quantitative estimate of drug-likeness (QED) is 0.481. The molecule has 1 fully saturated rings. The maximum Gasteiger partial charge on any atom is 0.314 e. The van der Waals surface area contributed by atoms with Crippen molar-refractivity contribution < 1.29 is 14.1 Å². The smallest absolute Gasteiger partial charge is 0.314 e. The number of benzene rings is 1. The van der Waals surface area contributed by atoms with Crippen LogP contribution >= 0.6 is 11.6 Å². The summed E-state index contributed by atoms with van der Waals surface area (Å²) in [5.74, 6) is -1.03. The van der Waals surface area contributed by atoms with Gasteiger partial charge in [-0.05, 0) is 6.07 Å². The molecule has 2 rings (SSSR count). The second-order valence-corrected chi connectivity index (χ2v) is 5.50. The molecule has 1 aromatic rings. The number of ether oxygens (including phenoxy) is 1. The van der Waals surface area contributed by atoms with Gasteiger partial charge in [-0.25, -0.2) is 4.39 Å². The van der Waals surface area contributed by atoms with Gasteiger partial charge in [0, 0.05) is 23.3 Å². The fourth-order valence-corrected chi connectivity index (χ4v) is 2.24. The molecule has 6 heteroatoms. The first-order valence-electron chi connectivity index (χ1n) is 5.57. The van der Waals surface area contributed by atoms with Gasteiger partial charge in [0.15, 0.2) is 5.82 Å². The molecule has 0 aliphatic heterocycles. The molecule has 2 atom stereocenters. The number of nitro groups is 1. The number of nitrogens with zero attached hydrogens (tertiary/aromatic N) is 1. The molecule has 0 aromatic heterocycles. The normalized spacial score (nSPS) is 25.3. The Morgan fingerprint density at radius 3 is 2.72 bits per heavy atom. The number of rotatable bonds is 3. The molecule has 18 heavy (non-hydrogen) atoms. The molecule has 1 aliphatic carbocycles. The number of hydrogen-bond acceptors (Lipinski definition) is 3. The average Bonchev–Trinajstić information content (AvgIpc) is 2.30. The van der Waals surface area contributed by atoms with Gasteiger partial charge in [0.1, 0.15) is 6.10 Å². The number of hydrogen-bond donors (Lipinski definition) is 0. The minimum atomic E-state index is -0.724. The first-order valence-corrected chi connectivity index (χ1v) is 6.01. The summed E-state index contributed by atoms with van der Waals surface area (Å²) in [6.07, 6.45) is 0.246. The summed E-state index contributed by atoms with van der Waals surface area (Å²) in [5.41, 5.74) is -0.679. The van der Waals surface area contributed by atoms with E-state index in [1.54, 1.807) is 0 Å². The Hall–Kier alpha value is -1.36. The van der Waals surface area contributed by atoms with Gasteiger partial charge in [-0.2, -0.15) is 0 Å². The Morgan fingerprint density at radius 1 is 1.56 bits per heavy atom. The summed E-state index contributed by atoms with van der Waals surface area (Å²) in [4.78, 5) is 10.2. The lowest BCUT2D eigenvalue weighted by molar-refractivity contribution is -0.386. The third-order valence-electron chi connectivity index (χ3n) is 3.46. The van der Waals surface area contributed by atoms with Gasteiger partial charge < -0.3 is 4.74 Å². The highest BCUT2D eigenvalue weighted by Gasteiger charge is 2.49. The summed E-state index contributed by atoms with van der Waals surface area (Å²) >= 11 is 6.04. The maximum atomic E-state index is 13.6. The molecule has 98 valence electrons. The third-order valence-corrected chi connectivity index (χ3v) is 4.20. The van der Waals surface area contributed by atoms with Crippen molar-refractivity contribution in [2.75, 3.05) is 0 Å². The van der Waals surface area contributed by atoms with Crippen molar-refractivity contribution in [3.8, 4) is 5.75 Å². The number of nitro benzene ring substituents is 1. The number of alkyl halides is 1. The van der Waals surface area contributed by atoms with E-state index in [2.05, 4.69) is 0 Å². The van der Waals surface area contributed by atoms with E-state index in [1.165, 1.54) is 12.1 Å². The van der Waals surface area contributed by atoms with E-state index >= 15 is 0 Å². The van der Waals surface area contributed by atoms with Crippen molar-refractivity contribution in [1.82, 2.24) is 0 Å². The lowest BCUT2D eigenvalue weighted by Crippen LogP contribution is -2.53. The molecule has 0 spiro atoms. The van der Waals surface area contributed by atoms with E-state index < -0.39 is 10.7 Å². The lowest BCUT2D eigenvalue weighted by atomic mass is 9.68. The van der Waals surface area contributed by atoms with Crippen LogP contribution in [0.4, 0.5) is 10.1 Å². The maximum absolute atomic E-state index is 13.6. The Kier molecular flexibility index (Phi) is 3.19. The summed E-state index contributed by atoms with van der Waals surface area (Å²) in [6.45, 7) is 3.79. The van der Waals surface area contributed by atoms with E-state index in [0.717, 1.165) is 6.07 Å². The van der Waals surface area contributed by atoms with Crippen LogP contribution in [0.15, 0.2) is 18.2 Å². The van der Waals surface area contributed by atoms with Crippen LogP contribution in [0.1, 0.15) is 20.3 Å². The van der Waals surface area contributed by atoms with Crippen LogP contribution in [0.5, 0.6) is 5.75 Å². The Bertz CT molecular complexity index is 492. The van der Waals surface area contributed by atoms with Crippen molar-refractivity contribution in [2.45, 2.75) is 31.7 Å². The summed E-state index contributed by atoms with van der Waals surface area (Å²) in [6, 6.07) is 3.66. The van der Waals surface area contributed by atoms with Gasteiger partial charge in [-0.1, -0.05) is 19.9 Å². The van der Waals surface area contributed by atoms with Gasteiger partial charge in [-0.3, -0.25) is 10.1 Å². The zero-order valence-corrected chi connectivity index (χ0v) is 10.8. The Morgan fingerprint density at radius 2 is 2.22 bits per heavy atom. The van der Waals surface area contributed by atoms with Crippen molar-refractivity contribution in [3.05, 3.63) is 34.1 Å². The molecular weight excluding hydrogens is 261 g/mol. The molecule has 0 amide bonds. The highest BCUT2D eigenvalue weighted by molar-refractivity contribution is 6.21. The fourth-order valence-electron chi connectivity index (χ4n) is 1.94. The minimum Gasteiger partial charge on any atom is -0.481 e. The van der Waals surface area contributed by atoms with Crippen LogP contribution in [0.25, 0.3) is 0 Å². The molecule has 4 nitrogen and oxygen atoms in total. The van der Waals surface area contributed by atoms with Crippen molar-refractivity contribution in [2.24, 2.45) is 5.41 Å². The highest BCUT2D eigenvalue weighted by Crippen LogP contribution is 2.47. The van der Waals surface area contributed by atoms with Crippen LogP contribution in [0, 0.1) is 21.3 Å². The average molecular weight is 274 g/mol. The molecule has 1 aliphatic rings. The molecule has 2 unspecified atom stereocenters. The van der Waals surface area contributed by atoms with Gasteiger partial charge in [0.25, 0.3) is 0 Å². The lowest BCUT2D eigenvalue weighted by Gasteiger charge is -2.48. The molecule has 0 N–H and O–H groups in total. The highest BCUT2D eigenvalue weighted by atomic mass is 35.5. The van der Waals surface area contributed by atoms with Crippen molar-refractivity contribution >= 4 is 17.3 Å². The minimum absolute atomic E-state index is 0.0617. The van der Waals surface area contributed by atoms with Crippen LogP contribution < -0.4 is 4.74 Å². The SMILES string of the molecule is CC1(C)C(Cl)CC1Oc1c(F)cccc1[N+](=O)[O-]. The van der Waals surface area contributed by atoms with E-state index in [-0.39, 0.29) is 28.3 Å². The third kappa shape index (κ3) is 2.03.